The molecule has 0 aliphatic carbocycles. The maximum absolute atomic E-state index is 12.4. The van der Waals surface area contributed by atoms with Crippen LogP contribution in [0.2, 0.25) is 0 Å². The summed E-state index contributed by atoms with van der Waals surface area (Å²) in [7, 11) is 0. The molecule has 0 unspecified atom stereocenters. The molecule has 1 fully saturated rings. The second kappa shape index (κ2) is 6.39. The minimum absolute atomic E-state index is 0.0677. The van der Waals surface area contributed by atoms with E-state index in [2.05, 4.69) is 15.9 Å². The summed E-state index contributed by atoms with van der Waals surface area (Å²) in [5.41, 5.74) is 6.99. The molecule has 108 valence electrons. The van der Waals surface area contributed by atoms with E-state index in [0.29, 0.717) is 25.4 Å². The van der Waals surface area contributed by atoms with Crippen molar-refractivity contribution in [3.63, 3.8) is 0 Å². The number of primary amides is 1. The number of hydrogen-bond donors (Lipinski definition) is 1. The van der Waals surface area contributed by atoms with Crippen LogP contribution in [-0.2, 0) is 4.79 Å². The molecule has 0 atom stereocenters. The smallest absolute Gasteiger partial charge is 0.253 e. The van der Waals surface area contributed by atoms with Gasteiger partial charge in [0.15, 0.2) is 0 Å². The molecular formula is C15H19BrN2O2. The zero-order valence-corrected chi connectivity index (χ0v) is 13.1. The topological polar surface area (TPSA) is 63.4 Å². The Bertz CT molecular complexity index is 523. The lowest BCUT2D eigenvalue weighted by Crippen LogP contribution is -2.39. The van der Waals surface area contributed by atoms with Crippen molar-refractivity contribution in [3.8, 4) is 0 Å². The zero-order chi connectivity index (χ0) is 14.7. The quantitative estimate of drug-likeness (QED) is 0.920. The predicted molar refractivity (Wildman–Crippen MR) is 81.3 cm³/mol. The summed E-state index contributed by atoms with van der Waals surface area (Å²) in [5, 5.41) is 0. The molecule has 0 radical (unpaired) electrons. The van der Waals surface area contributed by atoms with Gasteiger partial charge in [-0.25, -0.2) is 0 Å². The first-order chi connectivity index (χ1) is 9.47. The Morgan fingerprint density at radius 2 is 2.00 bits per heavy atom. The van der Waals surface area contributed by atoms with Crippen molar-refractivity contribution in [2.24, 2.45) is 11.7 Å². The highest BCUT2D eigenvalue weighted by atomic mass is 79.9. The van der Waals surface area contributed by atoms with E-state index in [9.17, 15) is 9.59 Å². The maximum Gasteiger partial charge on any atom is 0.253 e. The molecule has 1 aliphatic rings. The van der Waals surface area contributed by atoms with Gasteiger partial charge in [0.25, 0.3) is 5.91 Å². The van der Waals surface area contributed by atoms with Gasteiger partial charge >= 0.3 is 0 Å². The molecule has 0 aromatic heterocycles. The van der Waals surface area contributed by atoms with Gasteiger partial charge in [-0.2, -0.15) is 0 Å². The number of likely N-dealkylation sites (tertiary alicyclic amines) is 1. The largest absolute Gasteiger partial charge is 0.370 e. The zero-order valence-electron chi connectivity index (χ0n) is 11.6. The first kappa shape index (κ1) is 15.0. The number of nitrogens with two attached hydrogens (primary N) is 1. The summed E-state index contributed by atoms with van der Waals surface area (Å²) >= 11 is 3.44. The number of nitrogens with zero attached hydrogens (tertiary/aromatic N) is 1. The fourth-order valence-electron chi connectivity index (χ4n) is 2.58. The van der Waals surface area contributed by atoms with Gasteiger partial charge in [-0.1, -0.05) is 15.9 Å². The minimum Gasteiger partial charge on any atom is -0.370 e. The number of halogens is 1. The van der Waals surface area contributed by atoms with Crippen LogP contribution in [0.5, 0.6) is 0 Å². The fourth-order valence-corrected chi connectivity index (χ4v) is 2.83. The van der Waals surface area contributed by atoms with Crippen molar-refractivity contribution < 1.29 is 9.59 Å². The van der Waals surface area contributed by atoms with Gasteiger partial charge in [-0.05, 0) is 49.4 Å². The molecule has 1 aromatic carbocycles. The first-order valence-electron chi connectivity index (χ1n) is 6.81. The van der Waals surface area contributed by atoms with Gasteiger partial charge in [0.05, 0.1) is 0 Å². The van der Waals surface area contributed by atoms with E-state index in [1.54, 1.807) is 0 Å². The molecule has 2 N–H and O–H groups in total. The standard InChI is InChI=1S/C15H19BrN2O2/c1-10-8-12(2-3-13(10)16)15(20)18-6-4-11(5-7-18)9-14(17)19/h2-3,8,11H,4-7,9H2,1H3,(H2,17,19). The number of amides is 2. The van der Waals surface area contributed by atoms with E-state index in [1.807, 2.05) is 30.0 Å². The highest BCUT2D eigenvalue weighted by Crippen LogP contribution is 2.23. The minimum atomic E-state index is -0.252. The molecule has 5 heteroatoms. The molecule has 20 heavy (non-hydrogen) atoms. The number of rotatable bonds is 3. The van der Waals surface area contributed by atoms with Crippen LogP contribution < -0.4 is 5.73 Å². The normalized spacial score (nSPS) is 16.2. The Hall–Kier alpha value is -1.36. The Labute approximate surface area is 127 Å². The molecule has 0 spiro atoms. The van der Waals surface area contributed by atoms with E-state index in [-0.39, 0.29) is 11.8 Å². The fraction of sp³-hybridized carbons (Fsp3) is 0.467. The van der Waals surface area contributed by atoms with Gasteiger partial charge in [0, 0.05) is 29.5 Å². The highest BCUT2D eigenvalue weighted by molar-refractivity contribution is 9.10. The number of carbonyl (C=O) groups is 2. The molecule has 1 aliphatic heterocycles. The van der Waals surface area contributed by atoms with Crippen molar-refractivity contribution >= 4 is 27.7 Å². The molecule has 4 nitrogen and oxygen atoms in total. The Morgan fingerprint density at radius 1 is 1.35 bits per heavy atom. The first-order valence-corrected chi connectivity index (χ1v) is 7.60. The van der Waals surface area contributed by atoms with Crippen LogP contribution in [0.1, 0.15) is 35.2 Å². The Balaban J connectivity index is 1.97. The van der Waals surface area contributed by atoms with Gasteiger partial charge < -0.3 is 10.6 Å². The summed E-state index contributed by atoms with van der Waals surface area (Å²) in [4.78, 5) is 25.2. The maximum atomic E-state index is 12.4. The molecule has 1 heterocycles. The Morgan fingerprint density at radius 3 is 2.55 bits per heavy atom. The molecule has 2 amide bonds. The van der Waals surface area contributed by atoms with Crippen LogP contribution in [0.3, 0.4) is 0 Å². The van der Waals surface area contributed by atoms with Crippen molar-refractivity contribution in [1.82, 2.24) is 4.90 Å². The van der Waals surface area contributed by atoms with Gasteiger partial charge in [0.2, 0.25) is 5.91 Å². The van der Waals surface area contributed by atoms with Crippen molar-refractivity contribution in [1.29, 1.82) is 0 Å². The van der Waals surface area contributed by atoms with Crippen LogP contribution in [-0.4, -0.2) is 29.8 Å². The third-order valence-corrected chi connectivity index (χ3v) is 4.69. The lowest BCUT2D eigenvalue weighted by molar-refractivity contribution is -0.119. The van der Waals surface area contributed by atoms with E-state index >= 15 is 0 Å². The van der Waals surface area contributed by atoms with Gasteiger partial charge in [0.1, 0.15) is 0 Å². The number of carbonyl (C=O) groups excluding carboxylic acids is 2. The van der Waals surface area contributed by atoms with E-state index < -0.39 is 0 Å². The van der Waals surface area contributed by atoms with Gasteiger partial charge in [-0.3, -0.25) is 9.59 Å². The number of aryl methyl sites for hydroxylation is 1. The van der Waals surface area contributed by atoms with Gasteiger partial charge in [-0.15, -0.1) is 0 Å². The Kier molecular flexibility index (Phi) is 4.81. The summed E-state index contributed by atoms with van der Waals surface area (Å²) in [6.45, 7) is 3.37. The average Bonchev–Trinajstić information content (AvgIpc) is 2.41. The lowest BCUT2D eigenvalue weighted by atomic mass is 9.93. The lowest BCUT2D eigenvalue weighted by Gasteiger charge is -2.31. The van der Waals surface area contributed by atoms with Crippen LogP contribution in [0, 0.1) is 12.8 Å². The predicted octanol–water partition coefficient (Wildman–Crippen LogP) is 2.49. The number of piperidine rings is 1. The van der Waals surface area contributed by atoms with E-state index in [1.165, 1.54) is 0 Å². The monoisotopic (exact) mass is 338 g/mol. The summed E-state index contributed by atoms with van der Waals surface area (Å²) in [6, 6.07) is 5.65. The highest BCUT2D eigenvalue weighted by Gasteiger charge is 2.24. The van der Waals surface area contributed by atoms with Crippen molar-refractivity contribution in [2.45, 2.75) is 26.2 Å². The molecule has 1 saturated heterocycles. The van der Waals surface area contributed by atoms with Crippen LogP contribution in [0.25, 0.3) is 0 Å². The average molecular weight is 339 g/mol. The van der Waals surface area contributed by atoms with Crippen LogP contribution >= 0.6 is 15.9 Å². The molecule has 1 aromatic rings. The molecule has 0 saturated carbocycles. The molecule has 2 rings (SSSR count). The summed E-state index contributed by atoms with van der Waals surface area (Å²) < 4.78 is 1.01. The number of benzene rings is 1. The van der Waals surface area contributed by atoms with Crippen LogP contribution in [0.15, 0.2) is 22.7 Å². The summed E-state index contributed by atoms with van der Waals surface area (Å²) in [6.07, 6.45) is 2.13. The second-order valence-corrected chi connectivity index (χ2v) is 6.22. The molecule has 0 bridgehead atoms. The van der Waals surface area contributed by atoms with E-state index in [4.69, 9.17) is 5.73 Å². The third-order valence-electron chi connectivity index (χ3n) is 3.80. The van der Waals surface area contributed by atoms with Crippen molar-refractivity contribution in [3.05, 3.63) is 33.8 Å². The molecular weight excluding hydrogens is 320 g/mol. The van der Waals surface area contributed by atoms with Crippen LogP contribution in [0.4, 0.5) is 0 Å². The van der Waals surface area contributed by atoms with E-state index in [0.717, 1.165) is 28.4 Å². The SMILES string of the molecule is Cc1cc(C(=O)N2CCC(CC(N)=O)CC2)ccc1Br. The third kappa shape index (κ3) is 3.60. The second-order valence-electron chi connectivity index (χ2n) is 5.37. The summed E-state index contributed by atoms with van der Waals surface area (Å²) in [5.74, 6) is 0.139. The number of hydrogen-bond acceptors (Lipinski definition) is 2. The van der Waals surface area contributed by atoms with Crippen molar-refractivity contribution in [2.75, 3.05) is 13.1 Å².